The molecule has 0 spiro atoms. The third kappa shape index (κ3) is 2.85. The Morgan fingerprint density at radius 3 is 2.42 bits per heavy atom. The van der Waals surface area contributed by atoms with E-state index in [4.69, 9.17) is 10.7 Å². The van der Waals surface area contributed by atoms with Crippen LogP contribution >= 0.6 is 10.7 Å². The van der Waals surface area contributed by atoms with E-state index in [1.165, 1.54) is 18.2 Å². The fraction of sp³-hybridized carbons (Fsp3) is 0.167. The Labute approximate surface area is 114 Å². The van der Waals surface area contributed by atoms with E-state index in [2.05, 4.69) is 10.2 Å². The first-order chi connectivity index (χ1) is 8.79. The first-order valence-corrected chi connectivity index (χ1v) is 7.72. The van der Waals surface area contributed by atoms with E-state index >= 15 is 0 Å². The van der Waals surface area contributed by atoms with Crippen molar-refractivity contribution >= 4 is 19.7 Å². The summed E-state index contributed by atoms with van der Waals surface area (Å²) >= 11 is 0. The zero-order chi connectivity index (χ0) is 14.2. The Morgan fingerprint density at radius 1 is 1.21 bits per heavy atom. The van der Waals surface area contributed by atoms with Crippen LogP contribution in [0.25, 0.3) is 11.3 Å². The third-order valence-electron chi connectivity index (χ3n) is 2.86. The number of hydrogen-bond donors (Lipinski definition) is 1. The average Bonchev–Trinajstić information content (AvgIpc) is 2.32. The minimum atomic E-state index is -3.82. The molecule has 0 radical (unpaired) electrons. The fourth-order valence-corrected chi connectivity index (χ4v) is 3.01. The van der Waals surface area contributed by atoms with Crippen LogP contribution in [-0.2, 0) is 9.05 Å². The van der Waals surface area contributed by atoms with Gasteiger partial charge >= 0.3 is 0 Å². The lowest BCUT2D eigenvalue weighted by Crippen LogP contribution is -2.06. The number of nitrogens with zero attached hydrogens (tertiary/aromatic N) is 1. The second-order valence-corrected chi connectivity index (χ2v) is 6.69. The predicted molar refractivity (Wildman–Crippen MR) is 72.8 cm³/mol. The Hall–Kier alpha value is -1.66. The van der Waals surface area contributed by atoms with Crippen molar-refractivity contribution in [1.82, 2.24) is 10.2 Å². The summed E-state index contributed by atoms with van der Waals surface area (Å²) in [5.74, 6) is 0. The maximum atomic E-state index is 11.5. The van der Waals surface area contributed by atoms with Gasteiger partial charge in [-0.15, -0.1) is 0 Å². The summed E-state index contributed by atoms with van der Waals surface area (Å²) in [6.07, 6.45) is 0. The van der Waals surface area contributed by atoms with E-state index in [9.17, 15) is 13.2 Å². The molecule has 0 aliphatic carbocycles. The molecule has 19 heavy (non-hydrogen) atoms. The second kappa shape index (κ2) is 4.79. The van der Waals surface area contributed by atoms with Gasteiger partial charge in [0.05, 0.1) is 10.6 Å². The molecule has 2 aromatic rings. The van der Waals surface area contributed by atoms with E-state index in [1.807, 2.05) is 0 Å². The van der Waals surface area contributed by atoms with Gasteiger partial charge in [0.1, 0.15) is 0 Å². The van der Waals surface area contributed by atoms with Gasteiger partial charge in [0.25, 0.3) is 14.6 Å². The lowest BCUT2D eigenvalue weighted by Gasteiger charge is -2.09. The van der Waals surface area contributed by atoms with Crippen LogP contribution in [0.4, 0.5) is 0 Å². The molecule has 100 valence electrons. The molecule has 0 aliphatic heterocycles. The highest BCUT2D eigenvalue weighted by molar-refractivity contribution is 8.13. The molecule has 0 unspecified atom stereocenters. The van der Waals surface area contributed by atoms with Gasteiger partial charge in [-0.25, -0.2) is 13.5 Å². The van der Waals surface area contributed by atoms with Crippen LogP contribution in [0, 0.1) is 13.8 Å². The number of rotatable bonds is 2. The molecule has 1 aromatic heterocycles. The molecule has 0 bridgehead atoms. The van der Waals surface area contributed by atoms with Crippen molar-refractivity contribution < 1.29 is 8.42 Å². The quantitative estimate of drug-likeness (QED) is 0.860. The monoisotopic (exact) mass is 298 g/mol. The Morgan fingerprint density at radius 2 is 1.89 bits per heavy atom. The summed E-state index contributed by atoms with van der Waals surface area (Å²) in [4.78, 5) is 11.0. The maximum absolute atomic E-state index is 11.5. The number of nitrogens with one attached hydrogen (secondary N) is 1. The maximum Gasteiger partial charge on any atom is 0.264 e. The molecule has 0 saturated carbocycles. The first-order valence-electron chi connectivity index (χ1n) is 5.41. The highest BCUT2D eigenvalue weighted by atomic mass is 35.7. The van der Waals surface area contributed by atoms with E-state index in [0.717, 1.165) is 5.56 Å². The highest BCUT2D eigenvalue weighted by Gasteiger charge is 2.17. The molecule has 0 aliphatic rings. The molecule has 1 heterocycles. The molecular weight excluding hydrogens is 288 g/mol. The summed E-state index contributed by atoms with van der Waals surface area (Å²) in [5, 5.41) is 6.17. The Bertz CT molecular complexity index is 777. The molecule has 0 atom stereocenters. The second-order valence-electron chi connectivity index (χ2n) is 4.16. The van der Waals surface area contributed by atoms with Crippen molar-refractivity contribution in [2.75, 3.05) is 0 Å². The van der Waals surface area contributed by atoms with Crippen LogP contribution in [0.2, 0.25) is 0 Å². The summed E-state index contributed by atoms with van der Waals surface area (Å²) in [6.45, 7) is 3.48. The number of aryl methyl sites for hydroxylation is 1. The van der Waals surface area contributed by atoms with Crippen LogP contribution in [0.3, 0.4) is 0 Å². The summed E-state index contributed by atoms with van der Waals surface area (Å²) < 4.78 is 23.1. The number of hydrogen-bond acceptors (Lipinski definition) is 4. The smallest absolute Gasteiger partial charge is 0.264 e. The van der Waals surface area contributed by atoms with E-state index in [1.54, 1.807) is 19.9 Å². The van der Waals surface area contributed by atoms with Crippen molar-refractivity contribution in [3.8, 4) is 11.3 Å². The summed E-state index contributed by atoms with van der Waals surface area (Å²) in [5.41, 5.74) is 2.12. The number of benzene rings is 1. The predicted octanol–water partition coefficient (Wildman–Crippen LogP) is 1.98. The van der Waals surface area contributed by atoms with Crippen LogP contribution in [0.15, 0.2) is 34.0 Å². The highest BCUT2D eigenvalue weighted by Crippen LogP contribution is 2.28. The molecule has 0 fully saturated rings. The number of aromatic nitrogens is 2. The van der Waals surface area contributed by atoms with Crippen LogP contribution in [0.1, 0.15) is 11.1 Å². The van der Waals surface area contributed by atoms with Crippen molar-refractivity contribution in [1.29, 1.82) is 0 Å². The van der Waals surface area contributed by atoms with E-state index in [0.29, 0.717) is 16.8 Å². The van der Waals surface area contributed by atoms with Gasteiger partial charge in [-0.05, 0) is 43.2 Å². The first kappa shape index (κ1) is 13.8. The largest absolute Gasteiger partial charge is 0.268 e. The SMILES string of the molecule is Cc1cc(-c2ccc(=O)[nH]n2)cc(S(=O)(=O)Cl)c1C. The third-order valence-corrected chi connectivity index (χ3v) is 4.31. The average molecular weight is 299 g/mol. The van der Waals surface area contributed by atoms with Gasteiger partial charge in [-0.1, -0.05) is 0 Å². The number of aromatic amines is 1. The molecule has 0 saturated heterocycles. The normalized spacial score (nSPS) is 11.5. The molecular formula is C12H11ClN2O3S. The lowest BCUT2D eigenvalue weighted by atomic mass is 10.0. The zero-order valence-corrected chi connectivity index (χ0v) is 11.8. The van der Waals surface area contributed by atoms with Crippen molar-refractivity contribution in [3.63, 3.8) is 0 Å². The number of H-pyrrole nitrogens is 1. The van der Waals surface area contributed by atoms with Gasteiger partial charge in [0.15, 0.2) is 0 Å². The minimum Gasteiger partial charge on any atom is -0.268 e. The van der Waals surface area contributed by atoms with Gasteiger partial charge in [0.2, 0.25) is 0 Å². The minimum absolute atomic E-state index is 0.0529. The van der Waals surface area contributed by atoms with Gasteiger partial charge in [0, 0.05) is 22.3 Å². The molecule has 2 rings (SSSR count). The van der Waals surface area contributed by atoms with Crippen LogP contribution in [0.5, 0.6) is 0 Å². The molecule has 1 aromatic carbocycles. The topological polar surface area (TPSA) is 79.9 Å². The van der Waals surface area contributed by atoms with Crippen molar-refractivity contribution in [3.05, 3.63) is 45.7 Å². The summed E-state index contributed by atoms with van der Waals surface area (Å²) in [6, 6.07) is 6.09. The van der Waals surface area contributed by atoms with Crippen molar-refractivity contribution in [2.45, 2.75) is 18.7 Å². The van der Waals surface area contributed by atoms with Crippen molar-refractivity contribution in [2.24, 2.45) is 0 Å². The zero-order valence-electron chi connectivity index (χ0n) is 10.3. The van der Waals surface area contributed by atoms with Crippen LogP contribution < -0.4 is 5.56 Å². The van der Waals surface area contributed by atoms with Gasteiger partial charge < -0.3 is 0 Å². The Kier molecular flexibility index (Phi) is 3.47. The summed E-state index contributed by atoms with van der Waals surface area (Å²) in [7, 11) is 1.59. The van der Waals surface area contributed by atoms with Gasteiger partial charge in [-0.2, -0.15) is 5.10 Å². The molecule has 5 nitrogen and oxygen atoms in total. The number of halogens is 1. The van der Waals surface area contributed by atoms with E-state index in [-0.39, 0.29) is 10.5 Å². The van der Waals surface area contributed by atoms with E-state index < -0.39 is 9.05 Å². The van der Waals surface area contributed by atoms with Crippen LogP contribution in [-0.4, -0.2) is 18.6 Å². The molecule has 1 N–H and O–H groups in total. The Balaban J connectivity index is 2.70. The fourth-order valence-electron chi connectivity index (χ4n) is 1.73. The molecule has 7 heteroatoms. The standard InChI is InChI=1S/C12H11ClN2O3S/c1-7-5-9(10-3-4-12(16)15-14-10)6-11(8(7)2)19(13,17)18/h3-6H,1-2H3,(H,15,16). The van der Waals surface area contributed by atoms with Gasteiger partial charge in [-0.3, -0.25) is 4.79 Å². The lowest BCUT2D eigenvalue weighted by molar-refractivity contribution is 0.609. The molecule has 0 amide bonds.